The Balaban J connectivity index is 2.03. The first-order chi connectivity index (χ1) is 17.0. The first kappa shape index (κ1) is 29.5. The number of hydrazine groups is 1. The van der Waals surface area contributed by atoms with Crippen LogP contribution in [0.4, 0.5) is 29.3 Å². The molecule has 204 valence electrons. The van der Waals surface area contributed by atoms with E-state index in [0.717, 1.165) is 18.6 Å². The van der Waals surface area contributed by atoms with Crippen LogP contribution in [0, 0.1) is 11.3 Å². The number of alkyl halides is 3. The normalized spacial score (nSPS) is 12.8. The van der Waals surface area contributed by atoms with E-state index in [9.17, 15) is 36.3 Å². The molecular formula is C23H29F3N4O6S. The smallest absolute Gasteiger partial charge is 0.472 e. The second-order valence-corrected chi connectivity index (χ2v) is 11.2. The number of aromatic hydroxyl groups is 1. The predicted molar refractivity (Wildman–Crippen MR) is 130 cm³/mol. The lowest BCUT2D eigenvalue weighted by atomic mass is 9.85. The molecule has 1 atom stereocenters. The van der Waals surface area contributed by atoms with Gasteiger partial charge in [-0.1, -0.05) is 27.7 Å². The predicted octanol–water partition coefficient (Wildman–Crippen LogP) is 4.36. The Morgan fingerprint density at radius 2 is 1.62 bits per heavy atom. The molecule has 2 amide bonds. The fraction of sp³-hybridized carbons (Fsp3) is 0.391. The first-order valence-corrected chi connectivity index (χ1v) is 12.5. The molecule has 0 aromatic heterocycles. The quantitative estimate of drug-likeness (QED) is 0.294. The molecule has 0 radical (unpaired) electrons. The highest BCUT2D eigenvalue weighted by Crippen LogP contribution is 2.29. The summed E-state index contributed by atoms with van der Waals surface area (Å²) in [5.74, 6) is -2.76. The van der Waals surface area contributed by atoms with Crippen LogP contribution >= 0.6 is 0 Å². The Hall–Kier alpha value is -3.68. The third-order valence-corrected chi connectivity index (χ3v) is 6.11. The monoisotopic (exact) mass is 546 g/mol. The van der Waals surface area contributed by atoms with Gasteiger partial charge in [-0.15, -0.1) is 0 Å². The van der Waals surface area contributed by atoms with Gasteiger partial charge < -0.3 is 15.2 Å². The molecule has 1 unspecified atom stereocenters. The van der Waals surface area contributed by atoms with Crippen molar-refractivity contribution in [3.63, 3.8) is 0 Å². The van der Waals surface area contributed by atoms with Gasteiger partial charge in [-0.25, -0.2) is 13.2 Å². The van der Waals surface area contributed by atoms with E-state index in [1.54, 1.807) is 0 Å². The zero-order valence-electron chi connectivity index (χ0n) is 20.6. The van der Waals surface area contributed by atoms with E-state index in [1.165, 1.54) is 35.8 Å². The highest BCUT2D eigenvalue weighted by Gasteiger charge is 2.38. The van der Waals surface area contributed by atoms with Crippen LogP contribution < -0.4 is 25.6 Å². The van der Waals surface area contributed by atoms with E-state index in [-0.39, 0.29) is 28.5 Å². The molecule has 0 bridgehead atoms. The minimum atomic E-state index is -5.08. The number of carbonyl (C=O) groups excluding carboxylic acids is 2. The number of rotatable bonds is 9. The molecule has 2 rings (SSSR count). The maximum Gasteiger partial charge on any atom is 0.472 e. The van der Waals surface area contributed by atoms with Gasteiger partial charge >= 0.3 is 18.2 Å². The summed E-state index contributed by atoms with van der Waals surface area (Å²) in [6, 6.07) is 8.08. The molecular weight excluding hydrogens is 517 g/mol. The third kappa shape index (κ3) is 9.71. The van der Waals surface area contributed by atoms with Crippen molar-refractivity contribution < 1.29 is 41.0 Å². The molecule has 0 aliphatic heterocycles. The summed E-state index contributed by atoms with van der Waals surface area (Å²) in [6.07, 6.45) is -5.00. The molecule has 2 aromatic rings. The number of anilines is 2. The summed E-state index contributed by atoms with van der Waals surface area (Å²) in [5, 5.41) is 12.7. The van der Waals surface area contributed by atoms with Crippen molar-refractivity contribution in [2.75, 3.05) is 16.7 Å². The summed E-state index contributed by atoms with van der Waals surface area (Å²) in [4.78, 5) is 22.4. The van der Waals surface area contributed by atoms with Gasteiger partial charge in [0.1, 0.15) is 16.4 Å². The average molecular weight is 547 g/mol. The second-order valence-electron chi connectivity index (χ2n) is 9.53. The van der Waals surface area contributed by atoms with Crippen LogP contribution in [0.2, 0.25) is 0 Å². The van der Waals surface area contributed by atoms with Crippen molar-refractivity contribution >= 4 is 33.4 Å². The Morgan fingerprint density at radius 3 is 2.19 bits per heavy atom. The van der Waals surface area contributed by atoms with Gasteiger partial charge in [-0.3, -0.25) is 20.4 Å². The van der Waals surface area contributed by atoms with Crippen molar-refractivity contribution in [1.29, 1.82) is 0 Å². The van der Waals surface area contributed by atoms with E-state index in [4.69, 9.17) is 4.74 Å². The van der Waals surface area contributed by atoms with E-state index in [2.05, 4.69) is 30.8 Å². The van der Waals surface area contributed by atoms with Crippen LogP contribution in [-0.4, -0.2) is 38.2 Å². The molecule has 0 fully saturated rings. The molecule has 0 saturated carbocycles. The summed E-state index contributed by atoms with van der Waals surface area (Å²) in [7, 11) is -4.36. The molecule has 0 spiro atoms. The standard InChI is InChI=1S/C23H29F3N4O6S/c1-14(12-22(2,3)4)13-27-21(33)36-17-9-10-18(31)19(11-17)37(34,35)30-16-7-5-15(6-8-16)28-29-20(32)23(24,25)26/h5-11,14,28,30-31H,12-13H2,1-4H3,(H,27,33)(H,29,32). The summed E-state index contributed by atoms with van der Waals surface area (Å²) in [5.41, 5.74) is 3.63. The van der Waals surface area contributed by atoms with Gasteiger partial charge in [0.15, 0.2) is 0 Å². The lowest BCUT2D eigenvalue weighted by Gasteiger charge is -2.23. The summed E-state index contributed by atoms with van der Waals surface area (Å²) < 4.78 is 69.6. The van der Waals surface area contributed by atoms with Crippen LogP contribution in [-0.2, 0) is 14.8 Å². The molecule has 0 heterocycles. The summed E-state index contributed by atoms with van der Waals surface area (Å²) >= 11 is 0. The van der Waals surface area contributed by atoms with Gasteiger partial charge in [0.05, 0.1) is 5.69 Å². The number of ether oxygens (including phenoxy) is 1. The van der Waals surface area contributed by atoms with Crippen molar-refractivity contribution in [2.45, 2.75) is 45.2 Å². The minimum absolute atomic E-state index is 0.00370. The molecule has 0 aliphatic rings. The summed E-state index contributed by atoms with van der Waals surface area (Å²) in [6.45, 7) is 8.57. The highest BCUT2D eigenvalue weighted by atomic mass is 32.2. The minimum Gasteiger partial charge on any atom is -0.507 e. The van der Waals surface area contributed by atoms with Crippen molar-refractivity contribution in [1.82, 2.24) is 10.7 Å². The van der Waals surface area contributed by atoms with Gasteiger partial charge in [0.25, 0.3) is 10.0 Å². The van der Waals surface area contributed by atoms with Crippen LogP contribution in [0.25, 0.3) is 0 Å². The lowest BCUT2D eigenvalue weighted by Crippen LogP contribution is -2.40. The SMILES string of the molecule is CC(CNC(=O)Oc1ccc(O)c(S(=O)(=O)Nc2ccc(NNC(=O)C(F)(F)F)cc2)c1)CC(C)(C)C. The molecule has 37 heavy (non-hydrogen) atoms. The molecule has 5 N–H and O–H groups in total. The largest absolute Gasteiger partial charge is 0.507 e. The van der Waals surface area contributed by atoms with Gasteiger partial charge in [0.2, 0.25) is 0 Å². The average Bonchev–Trinajstić information content (AvgIpc) is 2.76. The number of carbonyl (C=O) groups is 2. The van der Waals surface area contributed by atoms with Crippen molar-refractivity contribution in [3.8, 4) is 11.5 Å². The van der Waals surface area contributed by atoms with E-state index in [0.29, 0.717) is 6.54 Å². The van der Waals surface area contributed by atoms with Gasteiger partial charge in [-0.2, -0.15) is 13.2 Å². The molecule has 10 nitrogen and oxygen atoms in total. The lowest BCUT2D eigenvalue weighted by molar-refractivity contribution is -0.173. The number of phenolic OH excluding ortho intramolecular Hbond substituents is 1. The number of sulfonamides is 1. The fourth-order valence-electron chi connectivity index (χ4n) is 3.32. The van der Waals surface area contributed by atoms with Crippen LogP contribution in [0.1, 0.15) is 34.1 Å². The van der Waals surface area contributed by atoms with E-state index in [1.807, 2.05) is 12.3 Å². The second kappa shape index (κ2) is 11.6. The maximum absolute atomic E-state index is 12.8. The van der Waals surface area contributed by atoms with Crippen molar-refractivity contribution in [3.05, 3.63) is 42.5 Å². The topological polar surface area (TPSA) is 146 Å². The maximum atomic E-state index is 12.8. The van der Waals surface area contributed by atoms with Crippen LogP contribution in [0.15, 0.2) is 47.4 Å². The number of hydrogen-bond acceptors (Lipinski definition) is 7. The number of nitrogens with one attached hydrogen (secondary N) is 4. The van der Waals surface area contributed by atoms with E-state index >= 15 is 0 Å². The fourth-order valence-corrected chi connectivity index (χ4v) is 4.49. The van der Waals surface area contributed by atoms with Crippen LogP contribution in [0.3, 0.4) is 0 Å². The third-order valence-electron chi connectivity index (χ3n) is 4.70. The Kier molecular flexibility index (Phi) is 9.25. The van der Waals surface area contributed by atoms with Crippen molar-refractivity contribution in [2.24, 2.45) is 11.3 Å². The van der Waals surface area contributed by atoms with Gasteiger partial charge in [-0.05, 0) is 54.2 Å². The molecule has 2 aromatic carbocycles. The molecule has 0 saturated heterocycles. The number of hydrogen-bond donors (Lipinski definition) is 5. The Labute approximate surface area is 212 Å². The van der Waals surface area contributed by atoms with E-state index < -0.39 is 38.8 Å². The first-order valence-electron chi connectivity index (χ1n) is 11.0. The number of benzene rings is 2. The molecule has 0 aliphatic carbocycles. The number of phenols is 1. The zero-order chi connectivity index (χ0) is 28.0. The molecule has 14 heteroatoms. The number of amides is 2. The van der Waals surface area contributed by atoms with Gasteiger partial charge in [0, 0.05) is 18.3 Å². The zero-order valence-corrected chi connectivity index (χ0v) is 21.4. The Morgan fingerprint density at radius 1 is 1.03 bits per heavy atom. The van der Waals surface area contributed by atoms with Crippen LogP contribution in [0.5, 0.6) is 11.5 Å². The highest BCUT2D eigenvalue weighted by molar-refractivity contribution is 7.92. The Bertz CT molecular complexity index is 1210. The number of halogens is 3.